The van der Waals surface area contributed by atoms with Gasteiger partial charge >= 0.3 is 5.97 Å². The highest BCUT2D eigenvalue weighted by Gasteiger charge is 2.35. The summed E-state index contributed by atoms with van der Waals surface area (Å²) in [5.74, 6) is -0.152. The van der Waals surface area contributed by atoms with Crippen LogP contribution in [0.2, 0.25) is 0 Å². The number of unbranched alkanes of at least 4 members (excludes halogenated alkanes) is 1. The summed E-state index contributed by atoms with van der Waals surface area (Å²) >= 11 is 0. The summed E-state index contributed by atoms with van der Waals surface area (Å²) in [4.78, 5) is 12.3. The van der Waals surface area contributed by atoms with Gasteiger partial charge in [0.1, 0.15) is 11.6 Å². The summed E-state index contributed by atoms with van der Waals surface area (Å²) in [6.07, 6.45) is 2.07. The maximum absolute atomic E-state index is 14.0. The van der Waals surface area contributed by atoms with E-state index in [1.807, 2.05) is 24.3 Å². The third-order valence-electron chi connectivity index (χ3n) is 5.94. The molecule has 3 rings (SSSR count). The Labute approximate surface area is 195 Å². The van der Waals surface area contributed by atoms with Crippen LogP contribution in [0, 0.1) is 12.7 Å². The number of rotatable bonds is 9. The molecule has 178 valence electrons. The van der Waals surface area contributed by atoms with E-state index >= 15 is 0 Å². The molecule has 0 amide bonds. The minimum atomic E-state index is -1.70. The van der Waals surface area contributed by atoms with Crippen molar-refractivity contribution >= 4 is 16.9 Å². The SMILES string of the molecule is CCCCOc1ccc2c(c1)c(CC(C)(O)C(=O)OC)c(C(C)C)n2-c1ccc(F)c(C)c1. The van der Waals surface area contributed by atoms with Gasteiger partial charge in [-0.3, -0.25) is 0 Å². The number of aryl methyl sites for hydroxylation is 1. The largest absolute Gasteiger partial charge is 0.494 e. The number of carbonyl (C=O) groups excluding carboxylic acids is 1. The van der Waals surface area contributed by atoms with Crippen molar-refractivity contribution in [3.63, 3.8) is 0 Å². The van der Waals surface area contributed by atoms with Crippen molar-refractivity contribution in [2.45, 2.75) is 65.4 Å². The van der Waals surface area contributed by atoms with Gasteiger partial charge in [-0.15, -0.1) is 0 Å². The highest BCUT2D eigenvalue weighted by Crippen LogP contribution is 2.38. The van der Waals surface area contributed by atoms with Crippen LogP contribution in [-0.4, -0.2) is 35.0 Å². The number of aromatic nitrogens is 1. The lowest BCUT2D eigenvalue weighted by molar-refractivity contribution is -0.160. The molecule has 0 saturated heterocycles. The molecule has 1 unspecified atom stereocenters. The molecule has 5 nitrogen and oxygen atoms in total. The van der Waals surface area contributed by atoms with E-state index in [9.17, 15) is 14.3 Å². The van der Waals surface area contributed by atoms with Gasteiger partial charge in [-0.1, -0.05) is 27.2 Å². The predicted molar refractivity (Wildman–Crippen MR) is 129 cm³/mol. The molecule has 1 heterocycles. The Morgan fingerprint density at radius 1 is 1.21 bits per heavy atom. The molecule has 0 bridgehead atoms. The molecule has 1 aromatic heterocycles. The highest BCUT2D eigenvalue weighted by atomic mass is 19.1. The van der Waals surface area contributed by atoms with Crippen LogP contribution < -0.4 is 4.74 Å². The maximum Gasteiger partial charge on any atom is 0.337 e. The minimum Gasteiger partial charge on any atom is -0.494 e. The number of halogens is 1. The van der Waals surface area contributed by atoms with E-state index in [0.717, 1.165) is 46.4 Å². The third kappa shape index (κ3) is 5.06. The fourth-order valence-electron chi connectivity index (χ4n) is 4.25. The van der Waals surface area contributed by atoms with Crippen LogP contribution in [0.3, 0.4) is 0 Å². The predicted octanol–water partition coefficient (Wildman–Crippen LogP) is 5.85. The summed E-state index contributed by atoms with van der Waals surface area (Å²) in [7, 11) is 1.27. The third-order valence-corrected chi connectivity index (χ3v) is 5.94. The molecule has 0 spiro atoms. The van der Waals surface area contributed by atoms with Crippen molar-refractivity contribution in [1.82, 2.24) is 4.57 Å². The van der Waals surface area contributed by atoms with Crippen molar-refractivity contribution in [2.75, 3.05) is 13.7 Å². The molecule has 1 N–H and O–H groups in total. The van der Waals surface area contributed by atoms with Gasteiger partial charge in [0, 0.05) is 23.2 Å². The Hall–Kier alpha value is -2.86. The second-order valence-electron chi connectivity index (χ2n) is 9.11. The molecular weight excluding hydrogens is 421 g/mol. The first-order chi connectivity index (χ1) is 15.6. The second-order valence-corrected chi connectivity index (χ2v) is 9.11. The van der Waals surface area contributed by atoms with E-state index < -0.39 is 11.6 Å². The number of esters is 1. The maximum atomic E-state index is 14.0. The van der Waals surface area contributed by atoms with Crippen molar-refractivity contribution in [2.24, 2.45) is 0 Å². The van der Waals surface area contributed by atoms with Crippen LogP contribution in [0.4, 0.5) is 4.39 Å². The van der Waals surface area contributed by atoms with Crippen molar-refractivity contribution in [3.05, 3.63) is 59.0 Å². The smallest absolute Gasteiger partial charge is 0.337 e. The Kier molecular flexibility index (Phi) is 7.48. The lowest BCUT2D eigenvalue weighted by Gasteiger charge is -2.22. The van der Waals surface area contributed by atoms with Crippen molar-refractivity contribution in [3.8, 4) is 11.4 Å². The average molecular weight is 456 g/mol. The number of benzene rings is 2. The molecular formula is C27H34FNO4. The summed E-state index contributed by atoms with van der Waals surface area (Å²) in [6, 6.07) is 10.9. The standard InChI is InChI=1S/C27H34FNO4/c1-7-8-13-33-20-10-12-24-21(15-20)22(16-27(5,31)26(30)32-6)25(17(2)3)29(24)19-9-11-23(28)18(4)14-19/h9-12,14-15,17,31H,7-8,13,16H2,1-6H3. The van der Waals surface area contributed by atoms with Crippen LogP contribution in [0.5, 0.6) is 5.75 Å². The lowest BCUT2D eigenvalue weighted by Crippen LogP contribution is -2.38. The van der Waals surface area contributed by atoms with Crippen molar-refractivity contribution < 1.29 is 23.8 Å². The zero-order valence-electron chi connectivity index (χ0n) is 20.4. The highest BCUT2D eigenvalue weighted by molar-refractivity contribution is 5.90. The van der Waals surface area contributed by atoms with Gasteiger partial charge in [0.25, 0.3) is 0 Å². The Balaban J connectivity index is 2.29. The summed E-state index contributed by atoms with van der Waals surface area (Å²) < 4.78 is 26.9. The molecule has 3 aromatic rings. The molecule has 0 aliphatic carbocycles. The van der Waals surface area contributed by atoms with Crippen molar-refractivity contribution in [1.29, 1.82) is 0 Å². The van der Waals surface area contributed by atoms with Crippen LogP contribution in [0.1, 0.15) is 63.3 Å². The summed E-state index contributed by atoms with van der Waals surface area (Å²) in [6.45, 7) is 10.1. The zero-order valence-corrected chi connectivity index (χ0v) is 20.4. The second kappa shape index (κ2) is 9.96. The number of nitrogens with zero attached hydrogens (tertiary/aromatic N) is 1. The number of methoxy groups -OCH3 is 1. The molecule has 0 saturated carbocycles. The first-order valence-corrected chi connectivity index (χ1v) is 11.5. The van der Waals surface area contributed by atoms with Gasteiger partial charge in [-0.05, 0) is 73.7 Å². The summed E-state index contributed by atoms with van der Waals surface area (Å²) in [5.41, 5.74) is 2.38. The van der Waals surface area contributed by atoms with Gasteiger partial charge in [-0.25, -0.2) is 9.18 Å². The van der Waals surface area contributed by atoms with Crippen LogP contribution in [0.25, 0.3) is 16.6 Å². The zero-order chi connectivity index (χ0) is 24.3. The molecule has 0 aliphatic heterocycles. The topological polar surface area (TPSA) is 60.7 Å². The molecule has 0 aliphatic rings. The molecule has 2 aromatic carbocycles. The van der Waals surface area contributed by atoms with E-state index in [1.165, 1.54) is 20.1 Å². The van der Waals surface area contributed by atoms with E-state index in [4.69, 9.17) is 9.47 Å². The average Bonchev–Trinajstić information content (AvgIpc) is 3.08. The van der Waals surface area contributed by atoms with E-state index in [2.05, 4.69) is 25.3 Å². The van der Waals surface area contributed by atoms with Crippen LogP contribution in [-0.2, 0) is 16.0 Å². The fraction of sp³-hybridized carbons (Fsp3) is 0.444. The number of hydrogen-bond donors (Lipinski definition) is 1. The van der Waals surface area contributed by atoms with Gasteiger partial charge < -0.3 is 19.1 Å². The number of aliphatic hydroxyl groups is 1. The Morgan fingerprint density at radius 3 is 2.55 bits per heavy atom. The fourth-order valence-corrected chi connectivity index (χ4v) is 4.25. The Bertz CT molecular complexity index is 1150. The first kappa shape index (κ1) is 24.8. The monoisotopic (exact) mass is 455 g/mol. The van der Waals surface area contributed by atoms with Crippen LogP contribution >= 0.6 is 0 Å². The van der Waals surface area contributed by atoms with Crippen LogP contribution in [0.15, 0.2) is 36.4 Å². The first-order valence-electron chi connectivity index (χ1n) is 11.5. The minimum absolute atomic E-state index is 0.0654. The quantitative estimate of drug-likeness (QED) is 0.325. The molecule has 33 heavy (non-hydrogen) atoms. The molecule has 6 heteroatoms. The van der Waals surface area contributed by atoms with Gasteiger partial charge in [0.05, 0.1) is 19.2 Å². The van der Waals surface area contributed by atoms with Gasteiger partial charge in [0.2, 0.25) is 0 Å². The number of carbonyl (C=O) groups is 1. The normalized spacial score (nSPS) is 13.4. The van der Waals surface area contributed by atoms with E-state index in [1.54, 1.807) is 13.0 Å². The van der Waals surface area contributed by atoms with E-state index in [0.29, 0.717) is 12.2 Å². The number of fused-ring (bicyclic) bond motifs is 1. The summed E-state index contributed by atoms with van der Waals surface area (Å²) in [5, 5.41) is 11.8. The molecule has 0 fully saturated rings. The Morgan fingerprint density at radius 2 is 1.94 bits per heavy atom. The van der Waals surface area contributed by atoms with Gasteiger partial charge in [-0.2, -0.15) is 0 Å². The molecule has 1 atom stereocenters. The number of ether oxygens (including phenoxy) is 2. The lowest BCUT2D eigenvalue weighted by atomic mass is 9.91. The van der Waals surface area contributed by atoms with E-state index in [-0.39, 0.29) is 18.2 Å². The molecule has 0 radical (unpaired) electrons. The number of hydrogen-bond acceptors (Lipinski definition) is 4. The van der Waals surface area contributed by atoms with Gasteiger partial charge in [0.15, 0.2) is 5.60 Å².